The molecule has 2 nitrogen and oxygen atoms in total. The second kappa shape index (κ2) is 16.5. The monoisotopic (exact) mass is 865 g/mol. The fourth-order valence-corrected chi connectivity index (χ4v) is 10.3. The highest BCUT2D eigenvalue weighted by molar-refractivity contribution is 6.19. The Morgan fingerprint density at radius 1 is 0.250 bits per heavy atom. The Labute approximate surface area is 395 Å². The number of furan rings is 1. The number of anilines is 3. The van der Waals surface area contributed by atoms with Gasteiger partial charge in [-0.05, 0) is 143 Å². The Balaban J connectivity index is 0.917. The molecule has 0 saturated heterocycles. The highest BCUT2D eigenvalue weighted by atomic mass is 16.3. The standard InChI is InChI=1S/C66H43NO/c1-3-13-46(14-4-1)58-38-33-51(43-63(58)47-15-5-2-6-16-47)45-29-36-55(37-30-45)67(54-34-27-44(28-35-54)50-32-39-59-53(41-50)26-25-48-17-7-9-21-57(48)59)56-20-11-19-52(42-56)60-23-12-24-64-65(60)62-40-31-49-18-8-10-22-61(49)66(62)68-64/h1-43H. The van der Waals surface area contributed by atoms with Crippen molar-refractivity contribution in [1.82, 2.24) is 0 Å². The lowest BCUT2D eigenvalue weighted by atomic mass is 9.91. The molecule has 318 valence electrons. The van der Waals surface area contributed by atoms with Crippen LogP contribution in [0.1, 0.15) is 0 Å². The summed E-state index contributed by atoms with van der Waals surface area (Å²) in [5, 5.41) is 9.60. The van der Waals surface area contributed by atoms with Crippen molar-refractivity contribution in [1.29, 1.82) is 0 Å². The largest absolute Gasteiger partial charge is 0.455 e. The van der Waals surface area contributed by atoms with Gasteiger partial charge in [0.05, 0.1) is 0 Å². The molecule has 2 heteroatoms. The summed E-state index contributed by atoms with van der Waals surface area (Å²) in [6, 6.07) is 94.4. The van der Waals surface area contributed by atoms with E-state index in [1.165, 1.54) is 65.9 Å². The van der Waals surface area contributed by atoms with Crippen molar-refractivity contribution < 1.29 is 4.42 Å². The second-order valence-electron chi connectivity index (χ2n) is 17.6. The molecule has 0 aliphatic heterocycles. The van der Waals surface area contributed by atoms with Gasteiger partial charge in [0, 0.05) is 33.2 Å². The maximum Gasteiger partial charge on any atom is 0.143 e. The molecular weight excluding hydrogens is 823 g/mol. The van der Waals surface area contributed by atoms with Gasteiger partial charge in [0.2, 0.25) is 0 Å². The van der Waals surface area contributed by atoms with Crippen LogP contribution in [0.25, 0.3) is 110 Å². The third-order valence-corrected chi connectivity index (χ3v) is 13.7. The van der Waals surface area contributed by atoms with Gasteiger partial charge >= 0.3 is 0 Å². The number of fused-ring (bicyclic) bond motifs is 8. The molecule has 12 aromatic carbocycles. The smallest absolute Gasteiger partial charge is 0.143 e. The maximum atomic E-state index is 6.63. The number of hydrogen-bond acceptors (Lipinski definition) is 2. The maximum absolute atomic E-state index is 6.63. The van der Waals surface area contributed by atoms with Crippen molar-refractivity contribution >= 4 is 71.3 Å². The van der Waals surface area contributed by atoms with Crippen molar-refractivity contribution in [3.63, 3.8) is 0 Å². The Kier molecular flexibility index (Phi) is 9.54. The van der Waals surface area contributed by atoms with E-state index in [4.69, 9.17) is 4.42 Å². The first-order valence-corrected chi connectivity index (χ1v) is 23.3. The van der Waals surface area contributed by atoms with Crippen LogP contribution in [0.15, 0.2) is 265 Å². The van der Waals surface area contributed by atoms with E-state index >= 15 is 0 Å². The minimum atomic E-state index is 0.886. The summed E-state index contributed by atoms with van der Waals surface area (Å²) in [5.41, 5.74) is 16.8. The highest BCUT2D eigenvalue weighted by Crippen LogP contribution is 2.43. The topological polar surface area (TPSA) is 16.4 Å². The molecule has 0 aliphatic carbocycles. The van der Waals surface area contributed by atoms with Gasteiger partial charge < -0.3 is 9.32 Å². The van der Waals surface area contributed by atoms with Gasteiger partial charge in [-0.3, -0.25) is 0 Å². The molecule has 0 amide bonds. The quantitative estimate of drug-likeness (QED) is 0.142. The van der Waals surface area contributed by atoms with Crippen LogP contribution < -0.4 is 4.90 Å². The van der Waals surface area contributed by atoms with Crippen LogP contribution >= 0.6 is 0 Å². The summed E-state index contributed by atoms with van der Waals surface area (Å²) in [6.45, 7) is 0. The third-order valence-electron chi connectivity index (χ3n) is 13.7. The zero-order chi connectivity index (χ0) is 45.0. The van der Waals surface area contributed by atoms with Gasteiger partial charge in [0.25, 0.3) is 0 Å². The highest BCUT2D eigenvalue weighted by Gasteiger charge is 2.19. The number of hydrogen-bond donors (Lipinski definition) is 0. The minimum Gasteiger partial charge on any atom is -0.455 e. The lowest BCUT2D eigenvalue weighted by Crippen LogP contribution is -2.10. The molecule has 0 atom stereocenters. The summed E-state index contributed by atoms with van der Waals surface area (Å²) >= 11 is 0. The first-order valence-electron chi connectivity index (χ1n) is 23.3. The van der Waals surface area contributed by atoms with E-state index in [0.717, 1.165) is 61.1 Å². The predicted octanol–water partition coefficient (Wildman–Crippen LogP) is 18.9. The molecule has 68 heavy (non-hydrogen) atoms. The molecule has 0 bridgehead atoms. The van der Waals surface area contributed by atoms with Gasteiger partial charge in [-0.15, -0.1) is 0 Å². The Morgan fingerprint density at radius 3 is 1.51 bits per heavy atom. The summed E-state index contributed by atoms with van der Waals surface area (Å²) < 4.78 is 6.63. The van der Waals surface area contributed by atoms with Crippen LogP contribution in [0.3, 0.4) is 0 Å². The lowest BCUT2D eigenvalue weighted by Gasteiger charge is -2.26. The van der Waals surface area contributed by atoms with Crippen molar-refractivity contribution in [3.05, 3.63) is 261 Å². The molecule has 0 aliphatic rings. The van der Waals surface area contributed by atoms with E-state index < -0.39 is 0 Å². The van der Waals surface area contributed by atoms with Gasteiger partial charge in [-0.2, -0.15) is 0 Å². The molecular formula is C66H43NO. The molecule has 13 aromatic rings. The summed E-state index contributed by atoms with van der Waals surface area (Å²) in [5.74, 6) is 0. The fourth-order valence-electron chi connectivity index (χ4n) is 10.3. The molecule has 0 saturated carbocycles. The van der Waals surface area contributed by atoms with E-state index in [2.05, 4.69) is 266 Å². The SMILES string of the molecule is c1ccc(-c2ccc(-c3ccc(N(c4ccc(-c5ccc6c(ccc7ccccc76)c5)cc4)c4cccc(-c5cccc6oc7c8ccccc8ccc7c56)c4)cc3)cc2-c2ccccc2)cc1. The van der Waals surface area contributed by atoms with Gasteiger partial charge in [-0.25, -0.2) is 0 Å². The zero-order valence-corrected chi connectivity index (χ0v) is 37.2. The second-order valence-corrected chi connectivity index (χ2v) is 17.6. The number of nitrogens with zero attached hydrogens (tertiary/aromatic N) is 1. The van der Waals surface area contributed by atoms with E-state index in [1.807, 2.05) is 0 Å². The zero-order valence-electron chi connectivity index (χ0n) is 37.2. The predicted molar refractivity (Wildman–Crippen MR) is 288 cm³/mol. The van der Waals surface area contributed by atoms with E-state index in [-0.39, 0.29) is 0 Å². The van der Waals surface area contributed by atoms with E-state index in [9.17, 15) is 0 Å². The Hall–Kier alpha value is -8.98. The van der Waals surface area contributed by atoms with Gasteiger partial charge in [0.1, 0.15) is 11.2 Å². The van der Waals surface area contributed by atoms with E-state index in [0.29, 0.717) is 0 Å². The summed E-state index contributed by atoms with van der Waals surface area (Å²) in [6.07, 6.45) is 0. The van der Waals surface area contributed by atoms with Crippen LogP contribution in [0.5, 0.6) is 0 Å². The van der Waals surface area contributed by atoms with Crippen LogP contribution in [0, 0.1) is 0 Å². The molecule has 13 rings (SSSR count). The van der Waals surface area contributed by atoms with Crippen LogP contribution in [-0.4, -0.2) is 0 Å². The van der Waals surface area contributed by atoms with E-state index in [1.54, 1.807) is 0 Å². The molecule has 1 aromatic heterocycles. The van der Waals surface area contributed by atoms with Gasteiger partial charge in [-0.1, -0.05) is 200 Å². The summed E-state index contributed by atoms with van der Waals surface area (Å²) in [7, 11) is 0. The number of rotatable bonds is 8. The van der Waals surface area contributed by atoms with Crippen molar-refractivity contribution in [2.24, 2.45) is 0 Å². The minimum absolute atomic E-state index is 0.886. The van der Waals surface area contributed by atoms with Crippen molar-refractivity contribution in [2.45, 2.75) is 0 Å². The Morgan fingerprint density at radius 2 is 0.779 bits per heavy atom. The molecule has 0 radical (unpaired) electrons. The molecule has 0 spiro atoms. The summed E-state index contributed by atoms with van der Waals surface area (Å²) in [4.78, 5) is 2.37. The average Bonchev–Trinajstić information content (AvgIpc) is 3.81. The molecule has 0 N–H and O–H groups in total. The number of benzene rings is 12. The Bertz CT molecular complexity index is 4000. The molecule has 0 unspecified atom stereocenters. The van der Waals surface area contributed by atoms with Crippen LogP contribution in [0.4, 0.5) is 17.1 Å². The third kappa shape index (κ3) is 6.90. The first-order chi connectivity index (χ1) is 33.7. The van der Waals surface area contributed by atoms with Crippen molar-refractivity contribution in [2.75, 3.05) is 4.90 Å². The van der Waals surface area contributed by atoms with Crippen LogP contribution in [0.2, 0.25) is 0 Å². The van der Waals surface area contributed by atoms with Gasteiger partial charge in [0.15, 0.2) is 0 Å². The fraction of sp³-hybridized carbons (Fsp3) is 0. The normalized spacial score (nSPS) is 11.5. The first kappa shape index (κ1) is 39.4. The van der Waals surface area contributed by atoms with Crippen molar-refractivity contribution in [3.8, 4) is 55.6 Å². The molecule has 0 fully saturated rings. The average molecular weight is 866 g/mol. The molecule has 1 heterocycles. The lowest BCUT2D eigenvalue weighted by molar-refractivity contribution is 0.673. The van der Waals surface area contributed by atoms with Crippen LogP contribution in [-0.2, 0) is 0 Å².